The van der Waals surface area contributed by atoms with Gasteiger partial charge in [0.1, 0.15) is 0 Å². The van der Waals surface area contributed by atoms with Gasteiger partial charge in [0.2, 0.25) is 0 Å². The highest BCUT2D eigenvalue weighted by molar-refractivity contribution is 7.35. The smallest absolute Gasteiger partial charge is 0.310 e. The number of nitrogens with zero attached hydrogens (tertiary/aromatic N) is 2. The van der Waals surface area contributed by atoms with E-state index >= 15 is 0 Å². The zero-order chi connectivity index (χ0) is 13.0. The van der Waals surface area contributed by atoms with Crippen LogP contribution in [0.5, 0.6) is 0 Å². The van der Waals surface area contributed by atoms with Crippen LogP contribution in [0.3, 0.4) is 0 Å². The van der Waals surface area contributed by atoms with Gasteiger partial charge in [-0.1, -0.05) is 0 Å². The van der Waals surface area contributed by atoms with Gasteiger partial charge in [-0.15, -0.1) is 0 Å². The number of nitrogens with one attached hydrogen (secondary N) is 1. The van der Waals surface area contributed by atoms with Crippen molar-refractivity contribution in [1.82, 2.24) is 8.90 Å². The molecule has 1 aromatic heterocycles. The first-order chi connectivity index (χ1) is 8.01. The summed E-state index contributed by atoms with van der Waals surface area (Å²) in [7, 11) is 0.301. The number of aryl methyl sites for hydroxylation is 1. The lowest BCUT2D eigenvalue weighted by atomic mass is 10.2. The summed E-state index contributed by atoms with van der Waals surface area (Å²) in [6.07, 6.45) is 1.16. The Morgan fingerprint density at radius 1 is 1.47 bits per heavy atom. The molecule has 0 fully saturated rings. The van der Waals surface area contributed by atoms with Gasteiger partial charge in [-0.2, -0.15) is 0 Å². The van der Waals surface area contributed by atoms with E-state index in [1.165, 1.54) is 10.6 Å². The Kier molecular flexibility index (Phi) is 4.82. The van der Waals surface area contributed by atoms with Gasteiger partial charge < -0.3 is 5.41 Å². The van der Waals surface area contributed by atoms with Crippen LogP contribution in [0.25, 0.3) is 0 Å². The van der Waals surface area contributed by atoms with E-state index < -0.39 is 0 Å². The van der Waals surface area contributed by atoms with Gasteiger partial charge in [-0.3, -0.25) is 13.7 Å². The van der Waals surface area contributed by atoms with E-state index in [0.717, 1.165) is 5.69 Å². The van der Waals surface area contributed by atoms with Crippen molar-refractivity contribution >= 4 is 14.4 Å². The molecule has 0 radical (unpaired) electrons. The lowest BCUT2D eigenvalue weighted by Gasteiger charge is -2.12. The maximum atomic E-state index is 12.0. The molecule has 0 aliphatic rings. The fourth-order valence-electron chi connectivity index (χ4n) is 1.65. The Bertz CT molecular complexity index is 530. The normalized spacial score (nSPS) is 11.2. The van der Waals surface area contributed by atoms with Crippen molar-refractivity contribution in [3.63, 3.8) is 0 Å². The summed E-state index contributed by atoms with van der Waals surface area (Å²) in [6.45, 7) is 5.82. The molecule has 6 heteroatoms. The SMILES string of the molecule is CCn1c(=O)cc(CCC(C)=N)n(PC)c1=O. The van der Waals surface area contributed by atoms with Crippen LogP contribution in [0.4, 0.5) is 0 Å². The number of rotatable bonds is 5. The third kappa shape index (κ3) is 3.13. The lowest BCUT2D eigenvalue weighted by Crippen LogP contribution is -2.38. The Morgan fingerprint density at radius 3 is 2.59 bits per heavy atom. The van der Waals surface area contributed by atoms with Crippen molar-refractivity contribution in [3.8, 4) is 0 Å². The molecule has 1 aromatic rings. The molecule has 1 unspecified atom stereocenters. The third-order valence-electron chi connectivity index (χ3n) is 2.56. The fourth-order valence-corrected chi connectivity index (χ4v) is 2.43. The average Bonchev–Trinajstić information content (AvgIpc) is 2.26. The minimum absolute atomic E-state index is 0.238. The minimum Gasteiger partial charge on any atom is -0.310 e. The summed E-state index contributed by atoms with van der Waals surface area (Å²) in [5.74, 6) is 0. The summed E-state index contributed by atoms with van der Waals surface area (Å²) >= 11 is 0. The molecule has 17 heavy (non-hydrogen) atoms. The van der Waals surface area contributed by atoms with Crippen LogP contribution in [0.15, 0.2) is 15.7 Å². The predicted molar refractivity (Wildman–Crippen MR) is 72.0 cm³/mol. The van der Waals surface area contributed by atoms with Gasteiger partial charge in [0.15, 0.2) is 0 Å². The molecule has 1 heterocycles. The summed E-state index contributed by atoms with van der Waals surface area (Å²) in [5.41, 5.74) is 0.809. The van der Waals surface area contributed by atoms with Crippen LogP contribution < -0.4 is 11.2 Å². The molecule has 0 saturated heterocycles. The number of hydrogen-bond donors (Lipinski definition) is 1. The van der Waals surface area contributed by atoms with E-state index in [9.17, 15) is 9.59 Å². The van der Waals surface area contributed by atoms with Gasteiger partial charge in [0.05, 0.1) is 0 Å². The quantitative estimate of drug-likeness (QED) is 0.631. The molecule has 0 aromatic carbocycles. The second kappa shape index (κ2) is 5.92. The Morgan fingerprint density at radius 2 is 2.12 bits per heavy atom. The first-order valence-electron chi connectivity index (χ1n) is 5.58. The van der Waals surface area contributed by atoms with E-state index in [-0.39, 0.29) is 11.2 Å². The summed E-state index contributed by atoms with van der Waals surface area (Å²) in [5, 5.41) is 7.39. The van der Waals surface area contributed by atoms with Crippen LogP contribution in [0.1, 0.15) is 26.0 Å². The fraction of sp³-hybridized carbons (Fsp3) is 0.545. The van der Waals surface area contributed by atoms with Gasteiger partial charge in [-0.05, 0) is 42.1 Å². The molecule has 1 rings (SSSR count). The predicted octanol–water partition coefficient (Wildman–Crippen LogP) is 1.07. The van der Waals surface area contributed by atoms with Crippen molar-refractivity contribution in [2.24, 2.45) is 0 Å². The highest BCUT2D eigenvalue weighted by Gasteiger charge is 2.09. The van der Waals surface area contributed by atoms with E-state index in [1.54, 1.807) is 18.2 Å². The van der Waals surface area contributed by atoms with Crippen LogP contribution in [-0.4, -0.2) is 21.3 Å². The molecule has 0 spiro atoms. The number of hydrogen-bond acceptors (Lipinski definition) is 3. The molecular weight excluding hydrogens is 237 g/mol. The van der Waals surface area contributed by atoms with Gasteiger partial charge in [-0.25, -0.2) is 4.79 Å². The van der Waals surface area contributed by atoms with Crippen molar-refractivity contribution in [2.75, 3.05) is 6.66 Å². The van der Waals surface area contributed by atoms with Crippen LogP contribution in [0.2, 0.25) is 0 Å². The van der Waals surface area contributed by atoms with E-state index in [4.69, 9.17) is 5.41 Å². The highest BCUT2D eigenvalue weighted by atomic mass is 31.1. The van der Waals surface area contributed by atoms with Crippen molar-refractivity contribution in [1.29, 1.82) is 5.41 Å². The highest BCUT2D eigenvalue weighted by Crippen LogP contribution is 2.10. The van der Waals surface area contributed by atoms with Crippen molar-refractivity contribution in [2.45, 2.75) is 33.2 Å². The first-order valence-corrected chi connectivity index (χ1v) is 7.03. The molecule has 5 nitrogen and oxygen atoms in total. The summed E-state index contributed by atoms with van der Waals surface area (Å²) < 4.78 is 2.87. The Balaban J connectivity index is 3.27. The molecule has 0 bridgehead atoms. The van der Waals surface area contributed by atoms with Crippen LogP contribution in [0, 0.1) is 5.41 Å². The number of aromatic nitrogens is 2. The standard InChI is InChI=1S/C11H18N3O2P/c1-4-13-10(15)7-9(6-5-8(2)12)14(17-3)11(13)16/h7,12,17H,4-6H2,1-3H3. The maximum Gasteiger partial charge on any atom is 0.334 e. The first kappa shape index (κ1) is 13.8. The van der Waals surface area contributed by atoms with E-state index in [1.807, 2.05) is 6.66 Å². The maximum absolute atomic E-state index is 12.0. The monoisotopic (exact) mass is 255 g/mol. The van der Waals surface area contributed by atoms with Crippen LogP contribution >= 0.6 is 8.73 Å². The van der Waals surface area contributed by atoms with E-state index in [2.05, 4.69) is 0 Å². The zero-order valence-electron chi connectivity index (χ0n) is 10.4. The molecule has 94 valence electrons. The molecule has 1 N–H and O–H groups in total. The van der Waals surface area contributed by atoms with Crippen molar-refractivity contribution < 1.29 is 0 Å². The Hall–Kier alpha value is -1.22. The molecule has 0 saturated carbocycles. The minimum atomic E-state index is -0.246. The average molecular weight is 255 g/mol. The van der Waals surface area contributed by atoms with Gasteiger partial charge >= 0.3 is 5.69 Å². The zero-order valence-corrected chi connectivity index (χ0v) is 11.4. The molecule has 0 amide bonds. The van der Waals surface area contributed by atoms with E-state index in [0.29, 0.717) is 33.8 Å². The molecular formula is C11H18N3O2P. The second-order valence-electron chi connectivity index (χ2n) is 3.84. The summed E-state index contributed by atoms with van der Waals surface area (Å²) in [4.78, 5) is 23.7. The van der Waals surface area contributed by atoms with Crippen LogP contribution in [-0.2, 0) is 13.0 Å². The molecule has 0 aliphatic carbocycles. The van der Waals surface area contributed by atoms with Crippen molar-refractivity contribution in [3.05, 3.63) is 32.6 Å². The van der Waals surface area contributed by atoms with Gasteiger partial charge in [0.25, 0.3) is 5.56 Å². The second-order valence-corrected chi connectivity index (χ2v) is 4.73. The third-order valence-corrected chi connectivity index (χ3v) is 3.49. The molecule has 0 aliphatic heterocycles. The lowest BCUT2D eigenvalue weighted by molar-refractivity contribution is 0.649. The van der Waals surface area contributed by atoms with Gasteiger partial charge in [0, 0.05) is 24.0 Å². The summed E-state index contributed by atoms with van der Waals surface area (Å²) in [6, 6.07) is 1.52. The Labute approximate surface area is 102 Å². The topological polar surface area (TPSA) is 67.8 Å². The molecule has 1 atom stereocenters. The largest absolute Gasteiger partial charge is 0.334 e.